The van der Waals surface area contributed by atoms with Crippen molar-refractivity contribution >= 4 is 50.6 Å². The number of hydrogen-bond donors (Lipinski definition) is 0. The minimum Gasteiger partial charge on any atom is -0.309 e. The Morgan fingerprint density at radius 2 is 0.871 bits per heavy atom. The molecule has 0 saturated heterocycles. The van der Waals surface area contributed by atoms with Gasteiger partial charge in [-0.25, -0.2) is 9.97 Å². The summed E-state index contributed by atoms with van der Waals surface area (Å²) in [7, 11) is -3.12. The summed E-state index contributed by atoms with van der Waals surface area (Å²) >= 11 is 0. The Morgan fingerprint density at radius 1 is 0.387 bits per heavy atom. The lowest BCUT2D eigenvalue weighted by Crippen LogP contribution is -2.26. The van der Waals surface area contributed by atoms with Crippen molar-refractivity contribution in [2.24, 2.45) is 0 Å². The monoisotopic (exact) mass is 809 g/mol. The van der Waals surface area contributed by atoms with Crippen LogP contribution in [0.5, 0.6) is 0 Å². The molecule has 0 unspecified atom stereocenters. The zero-order valence-electron chi connectivity index (χ0n) is 33.5. The molecule has 0 saturated carbocycles. The minimum absolute atomic E-state index is 0.576. The van der Waals surface area contributed by atoms with Crippen LogP contribution in [0.1, 0.15) is 22.3 Å². The Hall–Kier alpha value is -7.65. The Morgan fingerprint density at radius 3 is 1.53 bits per heavy atom. The fourth-order valence-corrected chi connectivity index (χ4v) is 13.2. The highest BCUT2D eigenvalue weighted by atomic mass is 31.2. The van der Waals surface area contributed by atoms with Crippen LogP contribution in [0.25, 0.3) is 72.4 Å². The van der Waals surface area contributed by atoms with Gasteiger partial charge in [0.25, 0.3) is 0 Å². The van der Waals surface area contributed by atoms with E-state index in [1.807, 2.05) is 66.7 Å². The molecule has 0 fully saturated rings. The minimum atomic E-state index is -3.12. The third-order valence-corrected chi connectivity index (χ3v) is 16.4. The van der Waals surface area contributed by atoms with Crippen LogP contribution >= 0.6 is 7.14 Å². The van der Waals surface area contributed by atoms with Gasteiger partial charge in [-0.05, 0) is 92.0 Å². The maximum Gasteiger partial charge on any atom is 0.171 e. The second kappa shape index (κ2) is 13.2. The fraction of sp³-hybridized carbons (Fsp3) is 0.0175. The van der Waals surface area contributed by atoms with E-state index < -0.39 is 12.6 Å². The molecule has 9 aromatic carbocycles. The average Bonchev–Trinajstić information content (AvgIpc) is 3.98. The van der Waals surface area contributed by atoms with E-state index in [1.54, 1.807) is 0 Å². The number of hydrogen-bond acceptors (Lipinski definition) is 3. The third kappa shape index (κ3) is 4.76. The first-order valence-corrected chi connectivity index (χ1v) is 22.8. The topological polar surface area (TPSA) is 47.3 Å². The SMILES string of the molecule is O=P(c1ccccc1)(c1ccccc1)c1ccc(-c2ccc3c(c2)C2(c4ccccc4-c4ccccc42)c2cc(-c4nc5ccccc5c5nc6ccccc6n45)ccc2-3)cc1. The first-order valence-electron chi connectivity index (χ1n) is 21.1. The van der Waals surface area contributed by atoms with Crippen molar-refractivity contribution in [2.75, 3.05) is 0 Å². The molecule has 5 heteroatoms. The summed E-state index contributed by atoms with van der Waals surface area (Å²) in [6.07, 6.45) is 0. The van der Waals surface area contributed by atoms with Crippen LogP contribution in [0.3, 0.4) is 0 Å². The van der Waals surface area contributed by atoms with E-state index in [4.69, 9.17) is 9.97 Å². The van der Waals surface area contributed by atoms with Crippen LogP contribution in [-0.4, -0.2) is 14.4 Å². The number of aromatic nitrogens is 3. The normalized spacial score (nSPS) is 13.4. The summed E-state index contributed by atoms with van der Waals surface area (Å²) in [6.45, 7) is 0. The van der Waals surface area contributed by atoms with Crippen molar-refractivity contribution in [3.8, 4) is 44.8 Å². The quantitative estimate of drug-likeness (QED) is 0.163. The molecule has 0 radical (unpaired) electrons. The van der Waals surface area contributed by atoms with Crippen molar-refractivity contribution in [3.63, 3.8) is 0 Å². The zero-order valence-corrected chi connectivity index (χ0v) is 34.4. The van der Waals surface area contributed by atoms with Gasteiger partial charge in [0.1, 0.15) is 11.5 Å². The van der Waals surface area contributed by atoms with E-state index in [0.717, 1.165) is 66.0 Å². The predicted octanol–water partition coefficient (Wildman–Crippen LogP) is 12.4. The molecular formula is C57H36N3OP. The highest BCUT2D eigenvalue weighted by Gasteiger charge is 2.52. The molecule has 2 aromatic heterocycles. The lowest BCUT2D eigenvalue weighted by Gasteiger charge is -2.31. The maximum atomic E-state index is 15.3. The lowest BCUT2D eigenvalue weighted by molar-refractivity contribution is 0.592. The van der Waals surface area contributed by atoms with Crippen LogP contribution in [0.15, 0.2) is 218 Å². The Labute approximate surface area is 358 Å². The largest absolute Gasteiger partial charge is 0.309 e. The summed E-state index contributed by atoms with van der Waals surface area (Å²) in [5.74, 6) is 0.866. The van der Waals surface area contributed by atoms with Crippen LogP contribution in [0.2, 0.25) is 0 Å². The summed E-state index contributed by atoms with van der Waals surface area (Å²) in [6, 6.07) is 76.6. The van der Waals surface area contributed by atoms with Gasteiger partial charge in [0.05, 0.1) is 22.0 Å². The summed E-state index contributed by atoms with van der Waals surface area (Å²) in [5, 5.41) is 3.50. The molecule has 13 rings (SSSR count). The van der Waals surface area contributed by atoms with Crippen LogP contribution in [0.4, 0.5) is 0 Å². The molecule has 2 heterocycles. The molecule has 2 aliphatic carbocycles. The van der Waals surface area contributed by atoms with Gasteiger partial charge in [-0.1, -0.05) is 182 Å². The van der Waals surface area contributed by atoms with Crippen molar-refractivity contribution in [1.29, 1.82) is 0 Å². The van der Waals surface area contributed by atoms with Crippen LogP contribution < -0.4 is 15.9 Å². The Bertz CT molecular complexity index is 3580. The second-order valence-corrected chi connectivity index (χ2v) is 19.2. The number of benzene rings is 9. The highest BCUT2D eigenvalue weighted by molar-refractivity contribution is 7.85. The number of fused-ring (bicyclic) bond motifs is 15. The van der Waals surface area contributed by atoms with Gasteiger partial charge < -0.3 is 4.57 Å². The number of nitrogens with zero attached hydrogens (tertiary/aromatic N) is 3. The van der Waals surface area contributed by atoms with Gasteiger partial charge in [-0.15, -0.1) is 0 Å². The highest BCUT2D eigenvalue weighted by Crippen LogP contribution is 2.63. The van der Waals surface area contributed by atoms with Crippen molar-refractivity contribution in [3.05, 3.63) is 241 Å². The molecule has 2 aliphatic rings. The third-order valence-electron chi connectivity index (χ3n) is 13.3. The first kappa shape index (κ1) is 35.1. The molecule has 62 heavy (non-hydrogen) atoms. The number of rotatable bonds is 5. The maximum absolute atomic E-state index is 15.3. The number of imidazole rings is 1. The zero-order chi connectivity index (χ0) is 41.0. The van der Waals surface area contributed by atoms with Crippen molar-refractivity contribution in [2.45, 2.75) is 5.41 Å². The van der Waals surface area contributed by atoms with E-state index in [2.05, 4.69) is 156 Å². The predicted molar refractivity (Wildman–Crippen MR) is 255 cm³/mol. The molecule has 0 amide bonds. The van der Waals surface area contributed by atoms with E-state index in [0.29, 0.717) is 0 Å². The summed E-state index contributed by atoms with van der Waals surface area (Å²) in [5.41, 5.74) is 16.5. The molecule has 0 N–H and O–H groups in total. The van der Waals surface area contributed by atoms with Crippen molar-refractivity contribution < 1.29 is 4.57 Å². The van der Waals surface area contributed by atoms with E-state index in [9.17, 15) is 0 Å². The van der Waals surface area contributed by atoms with E-state index in [1.165, 1.54) is 44.5 Å². The van der Waals surface area contributed by atoms with E-state index >= 15 is 4.57 Å². The Kier molecular flexibility index (Phi) is 7.47. The van der Waals surface area contributed by atoms with Gasteiger partial charge >= 0.3 is 0 Å². The molecule has 0 aliphatic heterocycles. The first-order chi connectivity index (χ1) is 30.6. The average molecular weight is 810 g/mol. The molecule has 1 spiro atoms. The van der Waals surface area contributed by atoms with Gasteiger partial charge in [0.2, 0.25) is 0 Å². The molecule has 0 bridgehead atoms. The van der Waals surface area contributed by atoms with Crippen molar-refractivity contribution in [1.82, 2.24) is 14.4 Å². The molecule has 4 nitrogen and oxygen atoms in total. The van der Waals surface area contributed by atoms with Gasteiger partial charge in [-0.3, -0.25) is 4.40 Å². The van der Waals surface area contributed by atoms with Crippen LogP contribution in [-0.2, 0) is 9.98 Å². The molecular weight excluding hydrogens is 774 g/mol. The fourth-order valence-electron chi connectivity index (χ4n) is 10.6. The van der Waals surface area contributed by atoms with Gasteiger partial charge in [0, 0.05) is 26.9 Å². The second-order valence-electron chi connectivity index (χ2n) is 16.4. The van der Waals surface area contributed by atoms with Gasteiger partial charge in [-0.2, -0.15) is 0 Å². The molecule has 0 atom stereocenters. The molecule has 11 aromatic rings. The summed E-state index contributed by atoms with van der Waals surface area (Å²) < 4.78 is 17.5. The molecule has 290 valence electrons. The number of para-hydroxylation sites is 3. The van der Waals surface area contributed by atoms with Gasteiger partial charge in [0.15, 0.2) is 7.14 Å². The standard InChI is InChI=1S/C57H36N3OP/c61-62(40-15-3-1-4-16-40,41-17-5-2-6-18-41)42-31-27-37(28-32-42)38-29-33-45-46-34-30-39(55-58-52-24-12-9-21-47(52)56-59-53-25-13-14-26-54(53)60(55)56)36-51(46)57(50(45)35-38)48-22-10-7-19-43(48)44-20-8-11-23-49(44)57/h1-36H. The summed E-state index contributed by atoms with van der Waals surface area (Å²) in [4.78, 5) is 10.6. The van der Waals surface area contributed by atoms with E-state index in [-0.39, 0.29) is 0 Å². The smallest absolute Gasteiger partial charge is 0.171 e. The Balaban J connectivity index is 1.02. The van der Waals surface area contributed by atoms with Crippen LogP contribution in [0, 0.1) is 0 Å². The lowest BCUT2D eigenvalue weighted by atomic mass is 9.70.